The molecule has 1 rings (SSSR count). The molecule has 0 aliphatic rings. The molecule has 2 unspecified atom stereocenters. The molecule has 0 fully saturated rings. The summed E-state index contributed by atoms with van der Waals surface area (Å²) >= 11 is 0. The molecule has 1 amide bonds. The Kier molecular flexibility index (Phi) is 7.71. The van der Waals surface area contributed by atoms with E-state index in [9.17, 15) is 4.79 Å². The molecule has 0 saturated carbocycles. The number of hydrogen-bond acceptors (Lipinski definition) is 4. The van der Waals surface area contributed by atoms with Crippen LogP contribution in [0.15, 0.2) is 4.52 Å². The predicted octanol–water partition coefficient (Wildman–Crippen LogP) is 1.89. The van der Waals surface area contributed by atoms with Gasteiger partial charge in [0.2, 0.25) is 5.91 Å². The first-order valence-corrected chi connectivity index (χ1v) is 6.36. The van der Waals surface area contributed by atoms with Gasteiger partial charge in [0.05, 0.1) is 5.69 Å². The SMILES string of the molecule is Cc1noc(C)c1CC(C)NC(=O)CCC(C)N.Cl. The van der Waals surface area contributed by atoms with Crippen LogP contribution in [0.4, 0.5) is 0 Å². The van der Waals surface area contributed by atoms with E-state index >= 15 is 0 Å². The van der Waals surface area contributed by atoms with Gasteiger partial charge in [0.25, 0.3) is 0 Å². The molecule has 1 heterocycles. The van der Waals surface area contributed by atoms with E-state index in [4.69, 9.17) is 10.3 Å². The Morgan fingerprint density at radius 2 is 2.05 bits per heavy atom. The van der Waals surface area contributed by atoms with Crippen LogP contribution in [0.1, 0.15) is 43.7 Å². The van der Waals surface area contributed by atoms with Crippen molar-refractivity contribution < 1.29 is 9.32 Å². The second-order valence-corrected chi connectivity index (χ2v) is 4.99. The van der Waals surface area contributed by atoms with Gasteiger partial charge in [-0.3, -0.25) is 4.79 Å². The van der Waals surface area contributed by atoms with Crippen LogP contribution < -0.4 is 11.1 Å². The van der Waals surface area contributed by atoms with Crippen LogP contribution >= 0.6 is 12.4 Å². The van der Waals surface area contributed by atoms with Crippen molar-refractivity contribution in [2.45, 2.75) is 59.0 Å². The lowest BCUT2D eigenvalue weighted by Crippen LogP contribution is -2.35. The number of amides is 1. The Hall–Kier alpha value is -1.07. The summed E-state index contributed by atoms with van der Waals surface area (Å²) in [6.45, 7) is 7.69. The van der Waals surface area contributed by atoms with Crippen molar-refractivity contribution in [2.75, 3.05) is 0 Å². The summed E-state index contributed by atoms with van der Waals surface area (Å²) in [4.78, 5) is 11.7. The molecule has 0 aromatic carbocycles. The third-order valence-electron chi connectivity index (χ3n) is 2.93. The van der Waals surface area contributed by atoms with Crippen LogP contribution in [0.5, 0.6) is 0 Å². The number of carbonyl (C=O) groups excluding carboxylic acids is 1. The summed E-state index contributed by atoms with van der Waals surface area (Å²) in [6.07, 6.45) is 1.93. The van der Waals surface area contributed by atoms with Crippen LogP contribution in [0, 0.1) is 13.8 Å². The van der Waals surface area contributed by atoms with Crippen LogP contribution in [-0.4, -0.2) is 23.1 Å². The highest BCUT2D eigenvalue weighted by Crippen LogP contribution is 2.14. The molecule has 5 nitrogen and oxygen atoms in total. The minimum Gasteiger partial charge on any atom is -0.361 e. The van der Waals surface area contributed by atoms with E-state index in [1.54, 1.807) is 0 Å². The van der Waals surface area contributed by atoms with Crippen molar-refractivity contribution in [3.8, 4) is 0 Å². The van der Waals surface area contributed by atoms with Crippen molar-refractivity contribution >= 4 is 18.3 Å². The summed E-state index contributed by atoms with van der Waals surface area (Å²) in [6, 6.07) is 0.135. The van der Waals surface area contributed by atoms with Gasteiger partial charge in [-0.05, 0) is 40.5 Å². The fourth-order valence-electron chi connectivity index (χ4n) is 1.86. The van der Waals surface area contributed by atoms with Gasteiger partial charge in [0.1, 0.15) is 5.76 Å². The highest BCUT2D eigenvalue weighted by Gasteiger charge is 2.14. The zero-order valence-electron chi connectivity index (χ0n) is 12.0. The molecule has 1 aromatic heterocycles. The van der Waals surface area contributed by atoms with Gasteiger partial charge in [0, 0.05) is 24.1 Å². The van der Waals surface area contributed by atoms with E-state index in [-0.39, 0.29) is 30.4 Å². The lowest BCUT2D eigenvalue weighted by molar-refractivity contribution is -0.121. The van der Waals surface area contributed by atoms with Gasteiger partial charge in [-0.25, -0.2) is 0 Å². The van der Waals surface area contributed by atoms with E-state index in [0.717, 1.165) is 23.4 Å². The largest absolute Gasteiger partial charge is 0.361 e. The standard InChI is InChI=1S/C13H23N3O2.ClH/c1-8(14)5-6-13(17)15-9(2)7-12-10(3)16-18-11(12)4;/h8-9H,5-7,14H2,1-4H3,(H,15,17);1H. The smallest absolute Gasteiger partial charge is 0.220 e. The highest BCUT2D eigenvalue weighted by atomic mass is 35.5. The van der Waals surface area contributed by atoms with Crippen LogP contribution in [0.2, 0.25) is 0 Å². The summed E-state index contributed by atoms with van der Waals surface area (Å²) in [5, 5.41) is 6.87. The number of hydrogen-bond donors (Lipinski definition) is 2. The fraction of sp³-hybridized carbons (Fsp3) is 0.692. The molecular weight excluding hydrogens is 266 g/mol. The third kappa shape index (κ3) is 6.07. The molecule has 0 bridgehead atoms. The molecule has 2 atom stereocenters. The average molecular weight is 290 g/mol. The minimum atomic E-state index is 0. The van der Waals surface area contributed by atoms with Gasteiger partial charge < -0.3 is 15.6 Å². The van der Waals surface area contributed by atoms with Crippen LogP contribution in [0.3, 0.4) is 0 Å². The molecule has 0 spiro atoms. The van der Waals surface area contributed by atoms with E-state index in [0.29, 0.717) is 12.8 Å². The molecule has 0 radical (unpaired) electrons. The molecular formula is C13H24ClN3O2. The molecule has 110 valence electrons. The lowest BCUT2D eigenvalue weighted by atomic mass is 10.1. The summed E-state index contributed by atoms with van der Waals surface area (Å²) < 4.78 is 5.10. The number of halogens is 1. The first-order valence-electron chi connectivity index (χ1n) is 6.36. The maximum Gasteiger partial charge on any atom is 0.220 e. The van der Waals surface area contributed by atoms with E-state index in [1.165, 1.54) is 0 Å². The van der Waals surface area contributed by atoms with Gasteiger partial charge >= 0.3 is 0 Å². The third-order valence-corrected chi connectivity index (χ3v) is 2.93. The average Bonchev–Trinajstić information content (AvgIpc) is 2.58. The number of carbonyl (C=O) groups is 1. The summed E-state index contributed by atoms with van der Waals surface area (Å²) in [7, 11) is 0. The molecule has 1 aromatic rings. The number of aromatic nitrogens is 1. The topological polar surface area (TPSA) is 81.2 Å². The van der Waals surface area contributed by atoms with Crippen molar-refractivity contribution in [1.29, 1.82) is 0 Å². The van der Waals surface area contributed by atoms with Crippen molar-refractivity contribution in [3.05, 3.63) is 17.0 Å². The van der Waals surface area contributed by atoms with Crippen molar-refractivity contribution in [3.63, 3.8) is 0 Å². The molecule has 0 aliphatic carbocycles. The van der Waals surface area contributed by atoms with Gasteiger partial charge in [-0.2, -0.15) is 0 Å². The second kappa shape index (κ2) is 8.17. The van der Waals surface area contributed by atoms with Crippen LogP contribution in [0.25, 0.3) is 0 Å². The molecule has 3 N–H and O–H groups in total. The Morgan fingerprint density at radius 1 is 1.42 bits per heavy atom. The summed E-state index contributed by atoms with van der Waals surface area (Å²) in [5.41, 5.74) is 7.59. The van der Waals surface area contributed by atoms with Crippen LogP contribution in [-0.2, 0) is 11.2 Å². The van der Waals surface area contributed by atoms with Gasteiger partial charge in [0.15, 0.2) is 0 Å². The Labute approximate surface area is 120 Å². The first-order chi connectivity index (χ1) is 8.40. The Morgan fingerprint density at radius 3 is 2.53 bits per heavy atom. The number of aryl methyl sites for hydroxylation is 2. The van der Waals surface area contributed by atoms with E-state index in [2.05, 4.69) is 10.5 Å². The number of nitrogens with one attached hydrogen (secondary N) is 1. The molecule has 0 saturated heterocycles. The van der Waals surface area contributed by atoms with Gasteiger partial charge in [-0.15, -0.1) is 12.4 Å². The quantitative estimate of drug-likeness (QED) is 0.838. The molecule has 19 heavy (non-hydrogen) atoms. The Bertz CT molecular complexity index is 385. The van der Waals surface area contributed by atoms with Crippen molar-refractivity contribution in [2.24, 2.45) is 5.73 Å². The minimum absolute atomic E-state index is 0. The number of rotatable bonds is 6. The zero-order chi connectivity index (χ0) is 13.7. The highest BCUT2D eigenvalue weighted by molar-refractivity contribution is 5.85. The second-order valence-electron chi connectivity index (χ2n) is 4.99. The van der Waals surface area contributed by atoms with Crippen molar-refractivity contribution in [1.82, 2.24) is 10.5 Å². The molecule has 6 heteroatoms. The summed E-state index contributed by atoms with van der Waals surface area (Å²) in [5.74, 6) is 0.871. The van der Waals surface area contributed by atoms with E-state index in [1.807, 2.05) is 27.7 Å². The lowest BCUT2D eigenvalue weighted by Gasteiger charge is -2.14. The monoisotopic (exact) mass is 289 g/mol. The Balaban J connectivity index is 0.00000324. The first kappa shape index (κ1) is 17.9. The number of nitrogens with zero attached hydrogens (tertiary/aromatic N) is 1. The maximum absolute atomic E-state index is 11.7. The zero-order valence-corrected chi connectivity index (χ0v) is 12.8. The fourth-order valence-corrected chi connectivity index (χ4v) is 1.86. The maximum atomic E-state index is 11.7. The van der Waals surface area contributed by atoms with Gasteiger partial charge in [-0.1, -0.05) is 5.16 Å². The number of nitrogens with two attached hydrogens (primary N) is 1. The predicted molar refractivity (Wildman–Crippen MR) is 77.4 cm³/mol. The van der Waals surface area contributed by atoms with E-state index < -0.39 is 0 Å². The normalized spacial score (nSPS) is 13.5. The molecule has 0 aliphatic heterocycles.